The third kappa shape index (κ3) is 5.24. The van der Waals surface area contributed by atoms with Gasteiger partial charge < -0.3 is 19.2 Å². The van der Waals surface area contributed by atoms with Crippen LogP contribution in [0.4, 0.5) is 0 Å². The molecule has 0 aliphatic carbocycles. The number of nitrogens with zero attached hydrogens (tertiary/aromatic N) is 1. The van der Waals surface area contributed by atoms with E-state index in [-0.39, 0.29) is 5.91 Å². The number of aromatic nitrogens is 1. The molecule has 0 bridgehead atoms. The summed E-state index contributed by atoms with van der Waals surface area (Å²) < 4.78 is 16.6. The number of methoxy groups -OCH3 is 1. The van der Waals surface area contributed by atoms with Crippen LogP contribution in [0.3, 0.4) is 0 Å². The van der Waals surface area contributed by atoms with Crippen molar-refractivity contribution in [3.05, 3.63) is 87.2 Å². The average Bonchev–Trinajstić information content (AvgIpc) is 3.50. The smallest absolute Gasteiger partial charge is 0.271 e. The molecule has 1 N–H and O–H groups in total. The van der Waals surface area contributed by atoms with Crippen molar-refractivity contribution < 1.29 is 18.7 Å². The van der Waals surface area contributed by atoms with Crippen molar-refractivity contribution in [3.8, 4) is 22.1 Å². The van der Waals surface area contributed by atoms with Crippen LogP contribution >= 0.6 is 34.5 Å². The van der Waals surface area contributed by atoms with Gasteiger partial charge in [0, 0.05) is 10.9 Å². The molecule has 164 valence electrons. The number of furan rings is 1. The lowest BCUT2D eigenvalue weighted by Crippen LogP contribution is -2.22. The van der Waals surface area contributed by atoms with Gasteiger partial charge in [-0.05, 0) is 48.0 Å². The highest BCUT2D eigenvalue weighted by Gasteiger charge is 2.14. The van der Waals surface area contributed by atoms with Crippen LogP contribution in [0.5, 0.6) is 11.5 Å². The zero-order valence-corrected chi connectivity index (χ0v) is 19.3. The summed E-state index contributed by atoms with van der Waals surface area (Å²) in [6.07, 6.45) is 1.56. The molecule has 0 aliphatic heterocycles. The molecule has 0 saturated carbocycles. The van der Waals surface area contributed by atoms with Crippen molar-refractivity contribution >= 4 is 40.4 Å². The summed E-state index contributed by atoms with van der Waals surface area (Å²) in [5.74, 6) is 1.55. The largest absolute Gasteiger partial charge is 0.493 e. The van der Waals surface area contributed by atoms with Gasteiger partial charge in [-0.25, -0.2) is 4.98 Å². The van der Waals surface area contributed by atoms with Crippen molar-refractivity contribution in [2.24, 2.45) is 0 Å². The van der Waals surface area contributed by atoms with E-state index in [0.717, 1.165) is 11.1 Å². The van der Waals surface area contributed by atoms with Crippen LogP contribution in [0, 0.1) is 0 Å². The van der Waals surface area contributed by atoms with Crippen LogP contribution in [0.15, 0.2) is 64.6 Å². The van der Waals surface area contributed by atoms with E-state index >= 15 is 0 Å². The average molecular weight is 489 g/mol. The fraction of sp³-hybridized carbons (Fsp3) is 0.130. The summed E-state index contributed by atoms with van der Waals surface area (Å²) in [5.41, 5.74) is 2.05. The lowest BCUT2D eigenvalue weighted by atomic mass is 10.2. The Kier molecular flexibility index (Phi) is 6.99. The van der Waals surface area contributed by atoms with Crippen molar-refractivity contribution in [2.75, 3.05) is 7.11 Å². The Balaban J connectivity index is 1.44. The molecule has 0 aliphatic rings. The molecule has 2 aromatic heterocycles. The first-order valence-corrected chi connectivity index (χ1v) is 11.2. The molecule has 0 unspecified atom stereocenters. The minimum atomic E-state index is -0.266. The molecule has 4 aromatic rings. The molecule has 0 radical (unpaired) electrons. The molecular weight excluding hydrogens is 471 g/mol. The molecule has 9 heteroatoms. The molecular formula is C23H18Cl2N2O4S. The molecule has 0 spiro atoms. The second-order valence-electron chi connectivity index (χ2n) is 6.70. The molecule has 0 saturated heterocycles. The van der Waals surface area contributed by atoms with Gasteiger partial charge in [0.2, 0.25) is 0 Å². The summed E-state index contributed by atoms with van der Waals surface area (Å²) in [6.45, 7) is 0.612. The Morgan fingerprint density at radius 1 is 1.12 bits per heavy atom. The zero-order chi connectivity index (χ0) is 22.5. The first-order chi connectivity index (χ1) is 15.5. The van der Waals surface area contributed by atoms with Crippen molar-refractivity contribution in [3.63, 3.8) is 0 Å². The molecule has 0 fully saturated rings. The summed E-state index contributed by atoms with van der Waals surface area (Å²) in [4.78, 5) is 16.8. The first kappa shape index (κ1) is 22.2. The minimum Gasteiger partial charge on any atom is -0.493 e. The Bertz CT molecular complexity index is 1220. The number of benzene rings is 2. The second kappa shape index (κ2) is 10.1. The molecule has 1 amide bonds. The van der Waals surface area contributed by atoms with Gasteiger partial charge in [0.1, 0.15) is 23.1 Å². The highest BCUT2D eigenvalue weighted by atomic mass is 35.5. The van der Waals surface area contributed by atoms with Crippen molar-refractivity contribution in [1.82, 2.24) is 10.3 Å². The van der Waals surface area contributed by atoms with Crippen LogP contribution in [-0.2, 0) is 13.2 Å². The van der Waals surface area contributed by atoms with E-state index < -0.39 is 0 Å². The maximum Gasteiger partial charge on any atom is 0.271 e. The number of rotatable bonds is 8. The molecule has 6 nitrogen and oxygen atoms in total. The van der Waals surface area contributed by atoms with Gasteiger partial charge in [0.15, 0.2) is 11.5 Å². The topological polar surface area (TPSA) is 73.6 Å². The van der Waals surface area contributed by atoms with E-state index in [4.69, 9.17) is 37.1 Å². The number of thiazole rings is 1. The van der Waals surface area contributed by atoms with E-state index in [1.165, 1.54) is 11.3 Å². The van der Waals surface area contributed by atoms with Gasteiger partial charge in [0.05, 0.1) is 30.0 Å². The van der Waals surface area contributed by atoms with Crippen LogP contribution in [0.1, 0.15) is 21.8 Å². The predicted molar refractivity (Wildman–Crippen MR) is 125 cm³/mol. The highest BCUT2D eigenvalue weighted by Crippen LogP contribution is 2.34. The fourth-order valence-corrected chi connectivity index (χ4v) is 4.01. The summed E-state index contributed by atoms with van der Waals surface area (Å²) in [5, 5.41) is 6.17. The van der Waals surface area contributed by atoms with E-state index in [2.05, 4.69) is 10.3 Å². The van der Waals surface area contributed by atoms with Gasteiger partial charge in [-0.2, -0.15) is 0 Å². The Hall–Kier alpha value is -3.00. The monoisotopic (exact) mass is 488 g/mol. The van der Waals surface area contributed by atoms with Gasteiger partial charge in [-0.3, -0.25) is 4.79 Å². The normalized spacial score (nSPS) is 10.7. The predicted octanol–water partition coefficient (Wildman–Crippen LogP) is 6.23. The number of halogens is 2. The number of amides is 1. The number of carbonyl (C=O) groups is 1. The minimum absolute atomic E-state index is 0.266. The lowest BCUT2D eigenvalue weighted by Gasteiger charge is -2.12. The third-order valence-electron chi connectivity index (χ3n) is 4.53. The van der Waals surface area contributed by atoms with E-state index in [1.807, 2.05) is 24.3 Å². The maximum atomic E-state index is 12.4. The fourth-order valence-electron chi connectivity index (χ4n) is 2.89. The van der Waals surface area contributed by atoms with Crippen molar-refractivity contribution in [2.45, 2.75) is 13.2 Å². The molecule has 32 heavy (non-hydrogen) atoms. The molecule has 4 rings (SSSR count). The number of hydrogen-bond acceptors (Lipinski definition) is 6. The maximum absolute atomic E-state index is 12.4. The SMILES string of the molecule is COc1cc(-c2nc(C(=O)NCc3ccco3)cs2)ccc1OCc1ccc(Cl)c(Cl)c1. The number of ether oxygens (including phenoxy) is 2. The number of hydrogen-bond donors (Lipinski definition) is 1. The van der Waals surface area contributed by atoms with E-state index in [0.29, 0.717) is 51.2 Å². The van der Waals surface area contributed by atoms with Crippen LogP contribution < -0.4 is 14.8 Å². The Labute approximate surface area is 198 Å². The summed E-state index contributed by atoms with van der Waals surface area (Å²) in [6, 6.07) is 14.4. The van der Waals surface area contributed by atoms with Gasteiger partial charge in [-0.15, -0.1) is 11.3 Å². The second-order valence-corrected chi connectivity index (χ2v) is 8.38. The van der Waals surface area contributed by atoms with Gasteiger partial charge in [-0.1, -0.05) is 29.3 Å². The Morgan fingerprint density at radius 2 is 2.00 bits per heavy atom. The first-order valence-electron chi connectivity index (χ1n) is 9.54. The standard InChI is InChI=1S/C23H18Cl2N2O4S/c1-29-21-10-15(5-7-20(21)31-12-14-4-6-17(24)18(25)9-14)23-27-19(13-32-23)22(28)26-11-16-3-2-8-30-16/h2-10,13H,11-12H2,1H3,(H,26,28). The van der Waals surface area contributed by atoms with Crippen LogP contribution in [0.2, 0.25) is 10.0 Å². The van der Waals surface area contributed by atoms with E-state index in [1.54, 1.807) is 43.0 Å². The van der Waals surface area contributed by atoms with Crippen LogP contribution in [-0.4, -0.2) is 18.0 Å². The lowest BCUT2D eigenvalue weighted by molar-refractivity contribution is 0.0944. The summed E-state index contributed by atoms with van der Waals surface area (Å²) >= 11 is 13.4. The molecule has 2 aromatic carbocycles. The number of nitrogens with one attached hydrogen (secondary N) is 1. The quantitative estimate of drug-likeness (QED) is 0.318. The zero-order valence-electron chi connectivity index (χ0n) is 16.9. The van der Waals surface area contributed by atoms with Gasteiger partial charge in [0.25, 0.3) is 5.91 Å². The Morgan fingerprint density at radius 3 is 2.75 bits per heavy atom. The molecule has 2 heterocycles. The molecule has 0 atom stereocenters. The number of carbonyl (C=O) groups excluding carboxylic acids is 1. The highest BCUT2D eigenvalue weighted by molar-refractivity contribution is 7.13. The summed E-state index contributed by atoms with van der Waals surface area (Å²) in [7, 11) is 1.57. The third-order valence-corrected chi connectivity index (χ3v) is 6.16. The van der Waals surface area contributed by atoms with Gasteiger partial charge >= 0.3 is 0 Å². The van der Waals surface area contributed by atoms with Crippen molar-refractivity contribution in [1.29, 1.82) is 0 Å². The van der Waals surface area contributed by atoms with E-state index in [9.17, 15) is 4.79 Å². The van der Waals surface area contributed by atoms with Crippen LogP contribution in [0.25, 0.3) is 10.6 Å².